The predicted molar refractivity (Wildman–Crippen MR) is 95.1 cm³/mol. The van der Waals surface area contributed by atoms with Crippen LogP contribution in [0.5, 0.6) is 0 Å². The lowest BCUT2D eigenvalue weighted by Gasteiger charge is -2.26. The van der Waals surface area contributed by atoms with Crippen LogP contribution in [0.25, 0.3) is 0 Å². The molecular weight excluding hydrogens is 400 g/mol. The summed E-state index contributed by atoms with van der Waals surface area (Å²) in [6.07, 6.45) is 1.55. The number of rotatable bonds is 4. The zero-order valence-corrected chi connectivity index (χ0v) is 14.9. The number of halogens is 2. The Bertz CT molecular complexity index is 784. The Morgan fingerprint density at radius 3 is 2.79 bits per heavy atom. The van der Waals surface area contributed by atoms with Gasteiger partial charge >= 0.3 is 5.97 Å². The van der Waals surface area contributed by atoms with Crippen molar-refractivity contribution < 1.29 is 19.1 Å². The summed E-state index contributed by atoms with van der Waals surface area (Å²) >= 11 is 9.33. The summed E-state index contributed by atoms with van der Waals surface area (Å²) in [5, 5.41) is 9.26. The second-order valence-electron chi connectivity index (χ2n) is 5.13. The number of carboxylic acid groups (broad SMARTS) is 1. The largest absolute Gasteiger partial charge is 0.478 e. The molecule has 2 aromatic rings. The molecule has 1 aromatic carbocycles. The van der Waals surface area contributed by atoms with Crippen LogP contribution in [0.1, 0.15) is 16.1 Å². The lowest BCUT2D eigenvalue weighted by atomic mass is 10.2. The van der Waals surface area contributed by atoms with Gasteiger partial charge in [-0.2, -0.15) is 0 Å². The Balaban J connectivity index is 1.80. The minimum absolute atomic E-state index is 0.0148. The number of furan rings is 1. The number of hydrogen-bond acceptors (Lipinski definition) is 5. The monoisotopic (exact) mass is 412 g/mol. The molecule has 1 aliphatic rings. The van der Waals surface area contributed by atoms with Gasteiger partial charge in [-0.3, -0.25) is 4.99 Å². The number of nitrogens with zero attached hydrogens (tertiary/aromatic N) is 2. The standard InChI is InChI=1S/C16H14BrClN2O4/c17-13-8-11(24-15(13)20-3-5-23-6-4-20)9-19-10-1-2-14(18)12(7-10)16(21)22/h1-2,7-9H,3-6H2,(H,21,22). The normalized spacial score (nSPS) is 15.2. The summed E-state index contributed by atoms with van der Waals surface area (Å²) in [4.78, 5) is 17.4. The fourth-order valence-corrected chi connectivity index (χ4v) is 3.07. The summed E-state index contributed by atoms with van der Waals surface area (Å²) in [5.41, 5.74) is 0.498. The van der Waals surface area contributed by atoms with Gasteiger partial charge in [-0.05, 0) is 34.1 Å². The van der Waals surface area contributed by atoms with Crippen molar-refractivity contribution in [3.8, 4) is 0 Å². The number of carbonyl (C=O) groups is 1. The van der Waals surface area contributed by atoms with Crippen molar-refractivity contribution in [2.24, 2.45) is 4.99 Å². The maximum absolute atomic E-state index is 11.1. The smallest absolute Gasteiger partial charge is 0.337 e. The first-order valence-corrected chi connectivity index (χ1v) is 8.40. The second-order valence-corrected chi connectivity index (χ2v) is 6.39. The molecular formula is C16H14BrClN2O4. The fraction of sp³-hybridized carbons (Fsp3) is 0.250. The number of aromatic carboxylic acids is 1. The number of ether oxygens (including phenoxy) is 1. The molecule has 0 bridgehead atoms. The quantitative estimate of drug-likeness (QED) is 0.767. The number of morpholine rings is 1. The molecule has 24 heavy (non-hydrogen) atoms. The number of carboxylic acids is 1. The number of aliphatic imine (C=N–C) groups is 1. The highest BCUT2D eigenvalue weighted by Crippen LogP contribution is 2.30. The van der Waals surface area contributed by atoms with Gasteiger partial charge in [0.2, 0.25) is 5.88 Å². The highest BCUT2D eigenvalue weighted by molar-refractivity contribution is 9.10. The average molecular weight is 414 g/mol. The summed E-state index contributed by atoms with van der Waals surface area (Å²) in [5.74, 6) is 0.213. The number of hydrogen-bond donors (Lipinski definition) is 1. The Morgan fingerprint density at radius 2 is 2.08 bits per heavy atom. The van der Waals surface area contributed by atoms with Gasteiger partial charge < -0.3 is 19.2 Å². The van der Waals surface area contributed by atoms with Gasteiger partial charge in [0.15, 0.2) is 0 Å². The molecule has 0 aliphatic carbocycles. The lowest BCUT2D eigenvalue weighted by molar-refractivity contribution is 0.0697. The minimum Gasteiger partial charge on any atom is -0.478 e. The van der Waals surface area contributed by atoms with Crippen molar-refractivity contribution in [3.63, 3.8) is 0 Å². The Hall–Kier alpha value is -1.83. The van der Waals surface area contributed by atoms with E-state index in [2.05, 4.69) is 25.8 Å². The third-order valence-corrected chi connectivity index (χ3v) is 4.41. The van der Waals surface area contributed by atoms with Crippen molar-refractivity contribution in [2.75, 3.05) is 31.2 Å². The van der Waals surface area contributed by atoms with E-state index in [0.29, 0.717) is 24.7 Å². The highest BCUT2D eigenvalue weighted by atomic mass is 79.9. The van der Waals surface area contributed by atoms with Gasteiger partial charge in [0.05, 0.1) is 40.2 Å². The van der Waals surface area contributed by atoms with Crippen LogP contribution >= 0.6 is 27.5 Å². The van der Waals surface area contributed by atoms with Crippen LogP contribution < -0.4 is 4.90 Å². The van der Waals surface area contributed by atoms with Crippen LogP contribution in [-0.2, 0) is 4.74 Å². The van der Waals surface area contributed by atoms with Crippen LogP contribution in [0.15, 0.2) is 38.1 Å². The third-order valence-electron chi connectivity index (χ3n) is 3.51. The van der Waals surface area contributed by atoms with E-state index in [4.69, 9.17) is 25.9 Å². The molecule has 0 atom stereocenters. The van der Waals surface area contributed by atoms with Crippen molar-refractivity contribution >= 4 is 51.3 Å². The number of benzene rings is 1. The zero-order valence-electron chi connectivity index (χ0n) is 12.5. The summed E-state index contributed by atoms with van der Waals surface area (Å²) < 4.78 is 12.0. The maximum atomic E-state index is 11.1. The maximum Gasteiger partial charge on any atom is 0.337 e. The highest BCUT2D eigenvalue weighted by Gasteiger charge is 2.18. The molecule has 0 amide bonds. The molecule has 0 spiro atoms. The van der Waals surface area contributed by atoms with E-state index in [1.165, 1.54) is 12.1 Å². The van der Waals surface area contributed by atoms with Crippen LogP contribution in [0.2, 0.25) is 5.02 Å². The first-order valence-electron chi connectivity index (χ1n) is 7.23. The molecule has 8 heteroatoms. The Labute approximate surface area is 151 Å². The third kappa shape index (κ3) is 3.80. The van der Waals surface area contributed by atoms with Crippen LogP contribution in [0, 0.1) is 0 Å². The minimum atomic E-state index is -1.09. The van der Waals surface area contributed by atoms with Crippen molar-refractivity contribution in [1.29, 1.82) is 0 Å². The summed E-state index contributed by atoms with van der Waals surface area (Å²) in [6.45, 7) is 2.86. The van der Waals surface area contributed by atoms with Gasteiger partial charge in [0.25, 0.3) is 0 Å². The van der Waals surface area contributed by atoms with Gasteiger partial charge in [0, 0.05) is 19.2 Å². The molecule has 2 heterocycles. The lowest BCUT2D eigenvalue weighted by Crippen LogP contribution is -2.36. The van der Waals surface area contributed by atoms with E-state index in [1.54, 1.807) is 12.3 Å². The SMILES string of the molecule is O=C(O)c1cc(N=Cc2cc(Br)c(N3CCOCC3)o2)ccc1Cl. The first-order chi connectivity index (χ1) is 11.5. The zero-order chi connectivity index (χ0) is 17.1. The molecule has 1 N–H and O–H groups in total. The van der Waals surface area contributed by atoms with Gasteiger partial charge in [-0.15, -0.1) is 0 Å². The molecule has 0 radical (unpaired) electrons. The second kappa shape index (κ2) is 7.38. The van der Waals surface area contributed by atoms with Crippen molar-refractivity contribution in [1.82, 2.24) is 0 Å². The molecule has 126 valence electrons. The fourth-order valence-electron chi connectivity index (χ4n) is 2.32. The van der Waals surface area contributed by atoms with Crippen molar-refractivity contribution in [2.45, 2.75) is 0 Å². The van der Waals surface area contributed by atoms with Gasteiger partial charge in [0.1, 0.15) is 5.76 Å². The van der Waals surface area contributed by atoms with Crippen molar-refractivity contribution in [3.05, 3.63) is 45.1 Å². The average Bonchev–Trinajstić information content (AvgIpc) is 2.95. The molecule has 1 aromatic heterocycles. The molecule has 0 saturated carbocycles. The Kier molecular flexibility index (Phi) is 5.23. The van der Waals surface area contributed by atoms with Gasteiger partial charge in [-0.25, -0.2) is 4.79 Å². The van der Waals surface area contributed by atoms with E-state index in [0.717, 1.165) is 23.4 Å². The number of anilines is 1. The molecule has 3 rings (SSSR count). The molecule has 1 fully saturated rings. The topological polar surface area (TPSA) is 75.3 Å². The van der Waals surface area contributed by atoms with E-state index >= 15 is 0 Å². The Morgan fingerprint density at radius 1 is 1.33 bits per heavy atom. The summed E-state index contributed by atoms with van der Waals surface area (Å²) in [7, 11) is 0. The molecule has 0 unspecified atom stereocenters. The molecule has 1 aliphatic heterocycles. The van der Waals surface area contributed by atoms with E-state index in [-0.39, 0.29) is 10.6 Å². The van der Waals surface area contributed by atoms with E-state index in [1.807, 2.05) is 6.07 Å². The van der Waals surface area contributed by atoms with Gasteiger partial charge in [-0.1, -0.05) is 11.6 Å². The molecule has 1 saturated heterocycles. The summed E-state index contributed by atoms with van der Waals surface area (Å²) in [6, 6.07) is 6.39. The first kappa shape index (κ1) is 17.0. The molecule has 6 nitrogen and oxygen atoms in total. The van der Waals surface area contributed by atoms with Crippen LogP contribution in [0.3, 0.4) is 0 Å². The van der Waals surface area contributed by atoms with Crippen LogP contribution in [-0.4, -0.2) is 43.6 Å². The van der Waals surface area contributed by atoms with E-state index < -0.39 is 5.97 Å². The van der Waals surface area contributed by atoms with Crippen LogP contribution in [0.4, 0.5) is 11.6 Å². The predicted octanol–water partition coefficient (Wildman–Crippen LogP) is 3.98. The van der Waals surface area contributed by atoms with E-state index in [9.17, 15) is 4.79 Å².